The Labute approximate surface area is 344 Å². The molecule has 272 valence electrons. The molecule has 1 aromatic carbocycles. The molecule has 5 atom stereocenters. The van der Waals surface area contributed by atoms with E-state index in [1.165, 1.54) is 28.4 Å². The molecule has 0 spiro atoms. The minimum absolute atomic E-state index is 0. The summed E-state index contributed by atoms with van der Waals surface area (Å²) < 4.78 is 67.2. The summed E-state index contributed by atoms with van der Waals surface area (Å²) >= 11 is 0. The molecule has 1 aromatic rings. The number of benzene rings is 1. The van der Waals surface area contributed by atoms with Crippen LogP contribution < -0.4 is 68.6 Å². The van der Waals surface area contributed by atoms with Crippen LogP contribution in [0.5, 0.6) is 5.75 Å². The molecule has 2 unspecified atom stereocenters. The molecule has 2 N–H and O–H groups in total. The van der Waals surface area contributed by atoms with Crippen molar-refractivity contribution in [1.82, 2.24) is 0 Å². The zero-order chi connectivity index (χ0) is 36.1. The molecule has 0 saturated heterocycles. The fourth-order valence-corrected chi connectivity index (χ4v) is 8.81. The fraction of sp³-hybridized carbons (Fsp3) is 0.667. The van der Waals surface area contributed by atoms with Crippen LogP contribution in [0.4, 0.5) is 0 Å². The van der Waals surface area contributed by atoms with Crippen molar-refractivity contribution in [2.75, 3.05) is 0 Å². The van der Waals surface area contributed by atoms with Crippen LogP contribution >= 0.6 is 0 Å². The Hall–Kier alpha value is -0.0600. The third kappa shape index (κ3) is 12.8. The molecule has 0 heterocycles. The van der Waals surface area contributed by atoms with Gasteiger partial charge in [-0.25, -0.2) is 8.42 Å². The van der Waals surface area contributed by atoms with Gasteiger partial charge in [0.1, 0.15) is 5.75 Å². The standard InChI is InChI=1S/C36H56O10S2.2Na/c1-25(2)11-8-12-26(3)13-9-21-36(7,38)33(37)19-22-34(5)20-10-14-31-30(34)17-15-27(4)35(31,6)24-28-23-29(45-48(42,43)44)16-18-32(28)47(40,41)46-39;;/h11,13,16,18,23,27,33,37-39H,8-10,12,14-15,17,19-22,24H2,1-7H3,(H,42,43,44);;/q;2*+1/p-2/b26-13+;;/t27-,33?,34-,35+,36?;;/m0../s1. The van der Waals surface area contributed by atoms with Crippen molar-refractivity contribution in [2.45, 2.75) is 142 Å². The van der Waals surface area contributed by atoms with Gasteiger partial charge in [0.15, 0.2) is 0 Å². The number of aliphatic hydroxyl groups excluding tert-OH is 1. The van der Waals surface area contributed by atoms with E-state index in [1.54, 1.807) is 6.92 Å². The summed E-state index contributed by atoms with van der Waals surface area (Å²) in [4.78, 5) is -0.406. The molecule has 2 aliphatic carbocycles. The second kappa shape index (κ2) is 19.5. The molecule has 0 fully saturated rings. The smallest absolute Gasteiger partial charge is 0.716 e. The third-order valence-electron chi connectivity index (χ3n) is 10.9. The Morgan fingerprint density at radius 2 is 1.74 bits per heavy atom. The summed E-state index contributed by atoms with van der Waals surface area (Å²) in [5.41, 5.74) is 3.08. The van der Waals surface area contributed by atoms with E-state index >= 15 is 0 Å². The molecule has 0 aliphatic heterocycles. The van der Waals surface area contributed by atoms with Gasteiger partial charge in [-0.05, 0) is 145 Å². The van der Waals surface area contributed by atoms with Crippen LogP contribution in [0.1, 0.15) is 125 Å². The molecule has 0 amide bonds. The van der Waals surface area contributed by atoms with Crippen LogP contribution in [0, 0.1) is 16.7 Å². The molecule has 50 heavy (non-hydrogen) atoms. The fourth-order valence-electron chi connectivity index (χ4n) is 7.71. The van der Waals surface area contributed by atoms with Gasteiger partial charge in [0.2, 0.25) is 0 Å². The van der Waals surface area contributed by atoms with Gasteiger partial charge in [-0.3, -0.25) is 0 Å². The first-order valence-electron chi connectivity index (χ1n) is 16.9. The van der Waals surface area contributed by atoms with Gasteiger partial charge in [-0.15, -0.1) is 0 Å². The summed E-state index contributed by atoms with van der Waals surface area (Å²) in [5.74, 6) is -0.255. The van der Waals surface area contributed by atoms with Gasteiger partial charge in [0.25, 0.3) is 20.5 Å². The van der Waals surface area contributed by atoms with Crippen molar-refractivity contribution in [2.24, 2.45) is 16.7 Å². The second-order valence-electron chi connectivity index (χ2n) is 15.0. The predicted octanol–water partition coefficient (Wildman–Crippen LogP) is 0.345. The van der Waals surface area contributed by atoms with Gasteiger partial charge in [-0.1, -0.05) is 55.2 Å². The number of rotatable bonds is 16. The Morgan fingerprint density at radius 3 is 2.34 bits per heavy atom. The van der Waals surface area contributed by atoms with Crippen molar-refractivity contribution >= 4 is 20.5 Å². The van der Waals surface area contributed by atoms with E-state index < -0.39 is 42.5 Å². The maximum Gasteiger partial charge on any atom is 1.00 e. The summed E-state index contributed by atoms with van der Waals surface area (Å²) in [6, 6.07) is 3.20. The molecule has 10 nitrogen and oxygen atoms in total. The van der Waals surface area contributed by atoms with Gasteiger partial charge >= 0.3 is 59.1 Å². The first kappa shape index (κ1) is 48.0. The maximum atomic E-state index is 12.6. The minimum Gasteiger partial charge on any atom is -0.716 e. The van der Waals surface area contributed by atoms with Crippen LogP contribution in [-0.4, -0.2) is 43.3 Å². The SMILES string of the molecule is CC(C)=CCC/C(C)=C/CCC(C)(O)C(O)CC[C@]1(C)CCCC2=C1CC[C@H](C)[C@@]2(C)Cc1cc(OS(=O)(=O)[O-])ccc1S(=O)(=O)O[O-].[Na+].[Na+]. The van der Waals surface area contributed by atoms with Gasteiger partial charge in [-0.2, -0.15) is 8.42 Å². The van der Waals surface area contributed by atoms with Crippen LogP contribution in [0.25, 0.3) is 0 Å². The molecule has 3 rings (SSSR count). The Morgan fingerprint density at radius 1 is 1.08 bits per heavy atom. The Balaban J connectivity index is 0.00000625. The van der Waals surface area contributed by atoms with Crippen molar-refractivity contribution in [3.8, 4) is 5.75 Å². The predicted molar refractivity (Wildman–Crippen MR) is 182 cm³/mol. The molecular formula is C36H54Na2O10S2. The second-order valence-corrected chi connectivity index (χ2v) is 17.5. The normalized spacial score (nSPS) is 24.6. The summed E-state index contributed by atoms with van der Waals surface area (Å²) in [6.45, 7) is 14.3. The van der Waals surface area contributed by atoms with Crippen molar-refractivity contribution < 1.29 is 104 Å². The van der Waals surface area contributed by atoms with E-state index in [0.717, 1.165) is 57.1 Å². The van der Waals surface area contributed by atoms with Crippen LogP contribution in [0.15, 0.2) is 57.5 Å². The van der Waals surface area contributed by atoms with Gasteiger partial charge in [0, 0.05) is 0 Å². The first-order valence-corrected chi connectivity index (χ1v) is 19.6. The first-order chi connectivity index (χ1) is 22.1. The molecular weight excluding hydrogens is 703 g/mol. The van der Waals surface area contributed by atoms with Crippen molar-refractivity contribution in [3.05, 3.63) is 58.2 Å². The maximum absolute atomic E-state index is 12.6. The number of aliphatic hydroxyl groups is 2. The molecule has 0 radical (unpaired) electrons. The average molecular weight is 757 g/mol. The van der Waals surface area contributed by atoms with Gasteiger partial charge < -0.3 is 28.5 Å². The molecule has 0 bridgehead atoms. The molecule has 14 heteroatoms. The van der Waals surface area contributed by atoms with E-state index in [2.05, 4.69) is 62.2 Å². The topological polar surface area (TPSA) is 173 Å². The monoisotopic (exact) mass is 756 g/mol. The minimum atomic E-state index is -5.13. The van der Waals surface area contributed by atoms with E-state index in [9.17, 15) is 36.9 Å². The van der Waals surface area contributed by atoms with E-state index in [-0.39, 0.29) is 88.2 Å². The van der Waals surface area contributed by atoms with Crippen LogP contribution in [-0.2, 0) is 31.3 Å². The zero-order valence-corrected chi connectivity index (χ0v) is 37.1. The van der Waals surface area contributed by atoms with E-state index in [1.807, 2.05) is 0 Å². The zero-order valence-electron chi connectivity index (χ0n) is 31.5. The van der Waals surface area contributed by atoms with Crippen LogP contribution in [0.2, 0.25) is 0 Å². The Bertz CT molecular complexity index is 1610. The average Bonchev–Trinajstić information content (AvgIpc) is 2.97. The van der Waals surface area contributed by atoms with Crippen molar-refractivity contribution in [1.29, 1.82) is 0 Å². The van der Waals surface area contributed by atoms with Gasteiger partial charge in [0.05, 0.1) is 16.6 Å². The Kier molecular flexibility index (Phi) is 18.7. The third-order valence-corrected chi connectivity index (χ3v) is 12.4. The summed E-state index contributed by atoms with van der Waals surface area (Å²) in [6.07, 6.45) is 12.0. The van der Waals surface area contributed by atoms with Crippen molar-refractivity contribution in [3.63, 3.8) is 0 Å². The molecule has 0 saturated carbocycles. The number of allylic oxidation sites excluding steroid dienone is 6. The molecule has 2 aliphatic rings. The van der Waals surface area contributed by atoms with E-state index in [4.69, 9.17) is 0 Å². The number of hydrogen-bond acceptors (Lipinski definition) is 10. The molecule has 0 aromatic heterocycles. The summed E-state index contributed by atoms with van der Waals surface area (Å²) in [5, 5.41) is 33.6. The quantitative estimate of drug-likeness (QED) is 0.0599. The number of hydrogen-bond donors (Lipinski definition) is 2. The largest absolute Gasteiger partial charge is 1.00 e. The van der Waals surface area contributed by atoms with E-state index in [0.29, 0.717) is 25.7 Å². The van der Waals surface area contributed by atoms with Crippen LogP contribution in [0.3, 0.4) is 0 Å². The summed E-state index contributed by atoms with van der Waals surface area (Å²) in [7, 11) is -9.83.